The van der Waals surface area contributed by atoms with Crippen molar-refractivity contribution in [2.45, 2.75) is 58.3 Å². The Morgan fingerprint density at radius 2 is 1.97 bits per heavy atom. The van der Waals surface area contributed by atoms with Crippen LogP contribution in [0, 0.1) is 17.3 Å². The fourth-order valence-corrected chi connectivity index (χ4v) is 4.94. The van der Waals surface area contributed by atoms with Crippen molar-refractivity contribution in [2.24, 2.45) is 23.0 Å². The summed E-state index contributed by atoms with van der Waals surface area (Å²) in [7, 11) is 1.96. The molecule has 1 saturated heterocycles. The van der Waals surface area contributed by atoms with Crippen molar-refractivity contribution in [1.29, 1.82) is 0 Å². The zero-order valence-electron chi connectivity index (χ0n) is 17.5. The maximum absolute atomic E-state index is 13.0. The van der Waals surface area contributed by atoms with Crippen LogP contribution < -0.4 is 10.6 Å². The average Bonchev–Trinajstić information content (AvgIpc) is 3.18. The van der Waals surface area contributed by atoms with E-state index in [0.717, 1.165) is 18.9 Å². The van der Waals surface area contributed by atoms with Crippen molar-refractivity contribution in [3.63, 3.8) is 0 Å². The molecule has 0 unspecified atom stereocenters. The van der Waals surface area contributed by atoms with Crippen molar-refractivity contribution in [3.05, 3.63) is 23.9 Å². The van der Waals surface area contributed by atoms with Gasteiger partial charge in [0.05, 0.1) is 6.04 Å². The standard InChI is InChI=1S/C21H31F3N4O/c1-20(2,3)10-16(19(25)29)27(4)15-9-8-13-11-28(12-14(13)15)18-7-5-6-17(26-18)21(22,23)24/h5-7,13-16H,8-12H2,1-4H3,(H2,25,29)/t13-,14+,15+,16+/m1/s1. The lowest BCUT2D eigenvalue weighted by Gasteiger charge is -2.37. The lowest BCUT2D eigenvalue weighted by molar-refractivity contribution is -0.141. The minimum atomic E-state index is -4.45. The molecule has 2 N–H and O–H groups in total. The minimum absolute atomic E-state index is 0.0321. The topological polar surface area (TPSA) is 62.5 Å². The number of hydrogen-bond acceptors (Lipinski definition) is 4. The third-order valence-corrected chi connectivity index (χ3v) is 6.32. The molecule has 8 heteroatoms. The molecule has 1 saturated carbocycles. The molecular formula is C21H31F3N4O. The number of anilines is 1. The van der Waals surface area contributed by atoms with Crippen LogP contribution in [0.1, 0.15) is 45.7 Å². The second-order valence-electron chi connectivity index (χ2n) is 9.70. The zero-order valence-corrected chi connectivity index (χ0v) is 17.5. The van der Waals surface area contributed by atoms with Crippen molar-refractivity contribution in [1.82, 2.24) is 9.88 Å². The van der Waals surface area contributed by atoms with Gasteiger partial charge in [-0.15, -0.1) is 0 Å². The van der Waals surface area contributed by atoms with Gasteiger partial charge < -0.3 is 10.6 Å². The first kappa shape index (κ1) is 21.9. The fraction of sp³-hybridized carbons (Fsp3) is 0.714. The number of fused-ring (bicyclic) bond motifs is 1. The Morgan fingerprint density at radius 3 is 2.55 bits per heavy atom. The largest absolute Gasteiger partial charge is 0.433 e. The molecule has 1 aliphatic heterocycles. The van der Waals surface area contributed by atoms with E-state index in [0.29, 0.717) is 31.2 Å². The number of primary amides is 1. The predicted molar refractivity (Wildman–Crippen MR) is 106 cm³/mol. The molecule has 0 aromatic carbocycles. The van der Waals surface area contributed by atoms with Crippen LogP contribution in [0.3, 0.4) is 0 Å². The summed E-state index contributed by atoms with van der Waals surface area (Å²) in [6.45, 7) is 7.61. The van der Waals surface area contributed by atoms with Crippen molar-refractivity contribution < 1.29 is 18.0 Å². The van der Waals surface area contributed by atoms with E-state index < -0.39 is 11.9 Å². The van der Waals surface area contributed by atoms with Crippen LogP contribution in [-0.4, -0.2) is 48.0 Å². The normalized spacial score (nSPS) is 26.1. The number of carbonyl (C=O) groups is 1. The first-order valence-electron chi connectivity index (χ1n) is 10.2. The van der Waals surface area contributed by atoms with Gasteiger partial charge in [-0.05, 0) is 55.7 Å². The number of nitrogens with two attached hydrogens (primary N) is 1. The summed E-state index contributed by atoms with van der Waals surface area (Å²) in [5, 5.41) is 0. The number of hydrogen-bond donors (Lipinski definition) is 1. The number of nitrogens with zero attached hydrogens (tertiary/aromatic N) is 3. The zero-order chi connectivity index (χ0) is 21.6. The number of carbonyl (C=O) groups excluding carboxylic acids is 1. The molecule has 2 aliphatic rings. The van der Waals surface area contributed by atoms with Crippen LogP contribution in [0.25, 0.3) is 0 Å². The quantitative estimate of drug-likeness (QED) is 0.804. The Hall–Kier alpha value is -1.83. The Labute approximate surface area is 170 Å². The Balaban J connectivity index is 1.75. The molecule has 1 aromatic heterocycles. The van der Waals surface area contributed by atoms with E-state index in [9.17, 15) is 18.0 Å². The minimum Gasteiger partial charge on any atom is -0.368 e. The van der Waals surface area contributed by atoms with E-state index in [1.165, 1.54) is 6.07 Å². The second kappa shape index (κ2) is 7.78. The summed E-state index contributed by atoms with van der Waals surface area (Å²) >= 11 is 0. The summed E-state index contributed by atoms with van der Waals surface area (Å²) in [5.41, 5.74) is 4.82. The molecular weight excluding hydrogens is 381 g/mol. The number of pyridine rings is 1. The number of aromatic nitrogens is 1. The molecule has 2 heterocycles. The Bertz CT molecular complexity index is 746. The first-order valence-corrected chi connectivity index (χ1v) is 10.2. The highest BCUT2D eigenvalue weighted by atomic mass is 19.4. The molecule has 1 amide bonds. The van der Waals surface area contributed by atoms with E-state index in [-0.39, 0.29) is 29.3 Å². The number of likely N-dealkylation sites (N-methyl/N-ethyl adjacent to an activating group) is 1. The molecule has 0 spiro atoms. The average molecular weight is 412 g/mol. The molecule has 0 radical (unpaired) electrons. The van der Waals surface area contributed by atoms with Crippen molar-refractivity contribution in [2.75, 3.05) is 25.0 Å². The van der Waals surface area contributed by atoms with E-state index in [2.05, 4.69) is 30.7 Å². The number of halogens is 3. The van der Waals surface area contributed by atoms with Crippen LogP contribution >= 0.6 is 0 Å². The second-order valence-corrected chi connectivity index (χ2v) is 9.70. The predicted octanol–water partition coefficient (Wildman–Crippen LogP) is 3.54. The highest BCUT2D eigenvalue weighted by Crippen LogP contribution is 2.43. The molecule has 29 heavy (non-hydrogen) atoms. The van der Waals surface area contributed by atoms with E-state index >= 15 is 0 Å². The van der Waals surface area contributed by atoms with Gasteiger partial charge in [0.1, 0.15) is 11.5 Å². The number of amides is 1. The lowest BCUT2D eigenvalue weighted by atomic mass is 9.86. The summed E-state index contributed by atoms with van der Waals surface area (Å²) in [4.78, 5) is 20.1. The highest BCUT2D eigenvalue weighted by molar-refractivity contribution is 5.80. The summed E-state index contributed by atoms with van der Waals surface area (Å²) in [6.07, 6.45) is -1.80. The van der Waals surface area contributed by atoms with Crippen LogP contribution in [0.15, 0.2) is 18.2 Å². The van der Waals surface area contributed by atoms with Gasteiger partial charge in [-0.3, -0.25) is 9.69 Å². The Morgan fingerprint density at radius 1 is 1.28 bits per heavy atom. The third kappa shape index (κ3) is 4.85. The summed E-state index contributed by atoms with van der Waals surface area (Å²) in [5.74, 6) is 0.733. The molecule has 5 nitrogen and oxygen atoms in total. The van der Waals surface area contributed by atoms with Gasteiger partial charge in [-0.1, -0.05) is 26.8 Å². The van der Waals surface area contributed by atoms with Crippen LogP contribution in [0.2, 0.25) is 0 Å². The molecule has 162 valence electrons. The lowest BCUT2D eigenvalue weighted by Crippen LogP contribution is -2.51. The first-order chi connectivity index (χ1) is 13.4. The SMILES string of the molecule is CN([C@@H](CC(C)(C)C)C(N)=O)[C@H]1CC[C@@H]2CN(c3cccc(C(F)(F)F)n3)C[C@@H]21. The molecule has 3 rings (SSSR count). The maximum Gasteiger partial charge on any atom is 0.433 e. The van der Waals surface area contributed by atoms with Gasteiger partial charge in [0.2, 0.25) is 5.91 Å². The number of alkyl halides is 3. The molecule has 1 aliphatic carbocycles. The van der Waals surface area contributed by atoms with Crippen LogP contribution in [-0.2, 0) is 11.0 Å². The molecule has 4 atom stereocenters. The van der Waals surface area contributed by atoms with Gasteiger partial charge in [0, 0.05) is 19.1 Å². The van der Waals surface area contributed by atoms with E-state index in [1.54, 1.807) is 6.07 Å². The highest BCUT2D eigenvalue weighted by Gasteiger charge is 2.46. The van der Waals surface area contributed by atoms with Crippen LogP contribution in [0.4, 0.5) is 19.0 Å². The Kier molecular flexibility index (Phi) is 5.87. The monoisotopic (exact) mass is 412 g/mol. The van der Waals surface area contributed by atoms with Gasteiger partial charge in [0.15, 0.2) is 0 Å². The molecule has 2 fully saturated rings. The van der Waals surface area contributed by atoms with Crippen LogP contribution in [0.5, 0.6) is 0 Å². The molecule has 1 aromatic rings. The summed E-state index contributed by atoms with van der Waals surface area (Å²) in [6, 6.07) is 3.90. The van der Waals surface area contributed by atoms with Gasteiger partial charge in [-0.25, -0.2) is 4.98 Å². The van der Waals surface area contributed by atoms with E-state index in [1.807, 2.05) is 11.9 Å². The van der Waals surface area contributed by atoms with E-state index in [4.69, 9.17) is 5.73 Å². The molecule has 0 bridgehead atoms. The third-order valence-electron chi connectivity index (χ3n) is 6.32. The van der Waals surface area contributed by atoms with Gasteiger partial charge in [0.25, 0.3) is 0 Å². The van der Waals surface area contributed by atoms with Gasteiger partial charge in [-0.2, -0.15) is 13.2 Å². The summed E-state index contributed by atoms with van der Waals surface area (Å²) < 4.78 is 39.1. The van der Waals surface area contributed by atoms with Gasteiger partial charge >= 0.3 is 6.18 Å². The van der Waals surface area contributed by atoms with Crippen molar-refractivity contribution in [3.8, 4) is 0 Å². The maximum atomic E-state index is 13.0. The van der Waals surface area contributed by atoms with Crippen molar-refractivity contribution >= 4 is 11.7 Å². The fourth-order valence-electron chi connectivity index (χ4n) is 4.94. The smallest absolute Gasteiger partial charge is 0.368 e. The number of rotatable bonds is 5.